The van der Waals surface area contributed by atoms with E-state index < -0.39 is 0 Å². The number of rotatable bonds is 4. The van der Waals surface area contributed by atoms with Crippen molar-refractivity contribution in [2.45, 2.75) is 32.4 Å². The first-order valence-corrected chi connectivity index (χ1v) is 6.78. The van der Waals surface area contributed by atoms with E-state index in [2.05, 4.69) is 35.5 Å². The molecule has 1 heterocycles. The van der Waals surface area contributed by atoms with Crippen LogP contribution in [-0.2, 0) is 17.8 Å². The maximum Gasteiger partial charge on any atom is 0.239 e. The number of anilines is 1. The summed E-state index contributed by atoms with van der Waals surface area (Å²) in [5, 5.41) is 7.61. The van der Waals surface area contributed by atoms with Crippen LogP contribution < -0.4 is 11.1 Å². The summed E-state index contributed by atoms with van der Waals surface area (Å²) in [5.41, 5.74) is 10.1. The van der Waals surface area contributed by atoms with Crippen LogP contribution in [0.3, 0.4) is 0 Å². The third-order valence-electron chi connectivity index (χ3n) is 3.67. The summed E-state index contributed by atoms with van der Waals surface area (Å²) in [6, 6.07) is 6.93. The van der Waals surface area contributed by atoms with Gasteiger partial charge in [-0.2, -0.15) is 5.10 Å². The molecule has 1 amide bonds. The Bertz CT molecular complexity index is 647. The van der Waals surface area contributed by atoms with Gasteiger partial charge in [0.05, 0.1) is 17.9 Å². The normalized spacial score (nSPS) is 16.9. The highest BCUT2D eigenvalue weighted by Crippen LogP contribution is 2.34. The zero-order valence-corrected chi connectivity index (χ0v) is 11.5. The number of benzene rings is 1. The standard InChI is InChI=1S/C15H18N4O/c1-10-2-3-11-4-5-14(13(11)6-10)18-12-7-17-19(8-12)9-15(16)20/h2-3,6-8,14,18H,4-5,9H2,1H3,(H2,16,20). The van der Waals surface area contributed by atoms with Crippen LogP contribution in [0.4, 0.5) is 5.69 Å². The Hall–Kier alpha value is -2.30. The maximum atomic E-state index is 10.9. The molecular formula is C15H18N4O. The molecule has 0 fully saturated rings. The topological polar surface area (TPSA) is 72.9 Å². The fraction of sp³-hybridized carbons (Fsp3) is 0.333. The molecule has 20 heavy (non-hydrogen) atoms. The fourth-order valence-electron chi connectivity index (χ4n) is 2.76. The Morgan fingerprint density at radius 3 is 3.20 bits per heavy atom. The van der Waals surface area contributed by atoms with E-state index >= 15 is 0 Å². The van der Waals surface area contributed by atoms with E-state index in [0.717, 1.165) is 18.5 Å². The second-order valence-electron chi connectivity index (χ2n) is 5.33. The molecule has 0 saturated carbocycles. The fourth-order valence-corrected chi connectivity index (χ4v) is 2.76. The van der Waals surface area contributed by atoms with E-state index in [1.807, 2.05) is 6.20 Å². The molecule has 1 unspecified atom stereocenters. The molecule has 1 atom stereocenters. The molecule has 0 aliphatic heterocycles. The van der Waals surface area contributed by atoms with E-state index in [1.165, 1.54) is 16.7 Å². The lowest BCUT2D eigenvalue weighted by molar-refractivity contribution is -0.118. The Morgan fingerprint density at radius 2 is 2.40 bits per heavy atom. The number of carbonyl (C=O) groups is 1. The zero-order chi connectivity index (χ0) is 14.1. The molecule has 104 valence electrons. The lowest BCUT2D eigenvalue weighted by atomic mass is 10.1. The van der Waals surface area contributed by atoms with Gasteiger partial charge in [0.2, 0.25) is 5.91 Å². The van der Waals surface area contributed by atoms with E-state index in [1.54, 1.807) is 10.9 Å². The number of amides is 1. The lowest BCUT2D eigenvalue weighted by Crippen LogP contribution is -2.18. The van der Waals surface area contributed by atoms with Gasteiger partial charge in [0.15, 0.2) is 0 Å². The third-order valence-corrected chi connectivity index (χ3v) is 3.67. The van der Waals surface area contributed by atoms with Crippen molar-refractivity contribution in [3.63, 3.8) is 0 Å². The average molecular weight is 270 g/mol. The number of nitrogens with two attached hydrogens (primary N) is 1. The first-order valence-electron chi connectivity index (χ1n) is 6.78. The molecule has 5 nitrogen and oxygen atoms in total. The average Bonchev–Trinajstić information content (AvgIpc) is 2.97. The molecule has 0 radical (unpaired) electrons. The molecule has 0 bridgehead atoms. The van der Waals surface area contributed by atoms with Gasteiger partial charge in [0, 0.05) is 6.20 Å². The summed E-state index contributed by atoms with van der Waals surface area (Å²) >= 11 is 0. The van der Waals surface area contributed by atoms with Crippen LogP contribution in [0.25, 0.3) is 0 Å². The number of fused-ring (bicyclic) bond motifs is 1. The predicted octanol–water partition coefficient (Wildman–Crippen LogP) is 1.78. The number of hydrogen-bond acceptors (Lipinski definition) is 3. The van der Waals surface area contributed by atoms with Crippen molar-refractivity contribution in [3.05, 3.63) is 47.3 Å². The number of carbonyl (C=O) groups excluding carboxylic acids is 1. The van der Waals surface area contributed by atoms with Crippen molar-refractivity contribution < 1.29 is 4.79 Å². The van der Waals surface area contributed by atoms with E-state index in [4.69, 9.17) is 5.73 Å². The number of aromatic nitrogens is 2. The van der Waals surface area contributed by atoms with Gasteiger partial charge >= 0.3 is 0 Å². The molecule has 3 N–H and O–H groups in total. The van der Waals surface area contributed by atoms with Crippen LogP contribution in [0.15, 0.2) is 30.6 Å². The Labute approximate surface area is 117 Å². The summed E-state index contributed by atoms with van der Waals surface area (Å²) in [4.78, 5) is 10.9. The molecule has 3 rings (SSSR count). The van der Waals surface area contributed by atoms with Crippen molar-refractivity contribution in [3.8, 4) is 0 Å². The molecule has 1 aliphatic rings. The van der Waals surface area contributed by atoms with Crippen molar-refractivity contribution >= 4 is 11.6 Å². The Balaban J connectivity index is 1.75. The maximum absolute atomic E-state index is 10.9. The highest BCUT2D eigenvalue weighted by molar-refractivity contribution is 5.73. The minimum absolute atomic E-state index is 0.113. The van der Waals surface area contributed by atoms with Crippen molar-refractivity contribution in [2.75, 3.05) is 5.32 Å². The van der Waals surface area contributed by atoms with Gasteiger partial charge in [-0.15, -0.1) is 0 Å². The summed E-state index contributed by atoms with van der Waals surface area (Å²) in [6.07, 6.45) is 5.73. The summed E-state index contributed by atoms with van der Waals surface area (Å²) in [5.74, 6) is -0.388. The molecule has 1 aromatic heterocycles. The van der Waals surface area contributed by atoms with Gasteiger partial charge in [-0.3, -0.25) is 9.48 Å². The highest BCUT2D eigenvalue weighted by Gasteiger charge is 2.22. The molecule has 0 saturated heterocycles. The van der Waals surface area contributed by atoms with Gasteiger partial charge in [0.25, 0.3) is 0 Å². The summed E-state index contributed by atoms with van der Waals surface area (Å²) < 4.78 is 1.55. The van der Waals surface area contributed by atoms with E-state index in [9.17, 15) is 4.79 Å². The first-order chi connectivity index (χ1) is 9.61. The third kappa shape index (κ3) is 2.52. The number of hydrogen-bond donors (Lipinski definition) is 2. The molecule has 1 aromatic carbocycles. The first kappa shape index (κ1) is 12.7. The quantitative estimate of drug-likeness (QED) is 0.889. The van der Waals surface area contributed by atoms with Crippen LogP contribution in [0.1, 0.15) is 29.2 Å². The number of nitrogens with zero attached hydrogens (tertiary/aromatic N) is 2. The van der Waals surface area contributed by atoms with E-state index in [0.29, 0.717) is 6.04 Å². The molecule has 0 spiro atoms. The Kier molecular flexibility index (Phi) is 3.18. The largest absolute Gasteiger partial charge is 0.376 e. The molecule has 2 aromatic rings. The van der Waals surface area contributed by atoms with E-state index in [-0.39, 0.29) is 12.5 Å². The highest BCUT2D eigenvalue weighted by atomic mass is 16.1. The minimum Gasteiger partial charge on any atom is -0.376 e. The molecular weight excluding hydrogens is 252 g/mol. The lowest BCUT2D eigenvalue weighted by Gasteiger charge is -2.14. The number of nitrogens with one attached hydrogen (secondary N) is 1. The number of primary amides is 1. The van der Waals surface area contributed by atoms with Crippen LogP contribution in [-0.4, -0.2) is 15.7 Å². The van der Waals surface area contributed by atoms with Crippen LogP contribution in [0.2, 0.25) is 0 Å². The predicted molar refractivity (Wildman–Crippen MR) is 77.3 cm³/mol. The second-order valence-corrected chi connectivity index (χ2v) is 5.33. The van der Waals surface area contributed by atoms with Gasteiger partial charge in [0.1, 0.15) is 6.54 Å². The summed E-state index contributed by atoms with van der Waals surface area (Å²) in [7, 11) is 0. The summed E-state index contributed by atoms with van der Waals surface area (Å²) in [6.45, 7) is 2.22. The minimum atomic E-state index is -0.388. The van der Waals surface area contributed by atoms with Gasteiger partial charge in [-0.25, -0.2) is 0 Å². The zero-order valence-electron chi connectivity index (χ0n) is 11.5. The van der Waals surface area contributed by atoms with Gasteiger partial charge < -0.3 is 11.1 Å². The monoisotopic (exact) mass is 270 g/mol. The number of aryl methyl sites for hydroxylation is 2. The smallest absolute Gasteiger partial charge is 0.239 e. The molecule has 5 heteroatoms. The van der Waals surface area contributed by atoms with Crippen molar-refractivity contribution in [1.82, 2.24) is 9.78 Å². The Morgan fingerprint density at radius 1 is 1.55 bits per heavy atom. The molecule has 1 aliphatic carbocycles. The van der Waals surface area contributed by atoms with Crippen LogP contribution in [0.5, 0.6) is 0 Å². The second kappa shape index (κ2) is 5.00. The van der Waals surface area contributed by atoms with Gasteiger partial charge in [-0.1, -0.05) is 23.8 Å². The van der Waals surface area contributed by atoms with Crippen molar-refractivity contribution in [1.29, 1.82) is 0 Å². The van der Waals surface area contributed by atoms with Crippen molar-refractivity contribution in [2.24, 2.45) is 5.73 Å². The SMILES string of the molecule is Cc1ccc2c(c1)C(Nc1cnn(CC(N)=O)c1)CC2. The van der Waals surface area contributed by atoms with Gasteiger partial charge in [-0.05, 0) is 30.9 Å². The van der Waals surface area contributed by atoms with Crippen LogP contribution in [0, 0.1) is 6.92 Å². The van der Waals surface area contributed by atoms with Crippen LogP contribution >= 0.6 is 0 Å².